The molecule has 1 unspecified atom stereocenters. The van der Waals surface area contributed by atoms with Crippen LogP contribution >= 0.6 is 0 Å². The molecule has 1 nitrogen and oxygen atoms in total. The second-order valence-electron chi connectivity index (χ2n) is 7.45. The second-order valence-corrected chi connectivity index (χ2v) is 7.45. The maximum Gasteiger partial charge on any atom is 0.00673 e. The third kappa shape index (κ3) is 4.34. The Balaban J connectivity index is 1.67. The Hall–Kier alpha value is -0.300. The minimum absolute atomic E-state index is 0.555. The van der Waals surface area contributed by atoms with Gasteiger partial charge in [-0.05, 0) is 68.7 Å². The summed E-state index contributed by atoms with van der Waals surface area (Å²) in [6, 6.07) is 0.801. The molecule has 2 rings (SSSR count). The first kappa shape index (κ1) is 15.1. The van der Waals surface area contributed by atoms with E-state index in [9.17, 15) is 0 Å². The van der Waals surface area contributed by atoms with Crippen LogP contribution in [0.2, 0.25) is 0 Å². The van der Waals surface area contributed by atoms with Gasteiger partial charge in [-0.25, -0.2) is 0 Å². The van der Waals surface area contributed by atoms with Crippen LogP contribution in [0.3, 0.4) is 0 Å². The van der Waals surface area contributed by atoms with Crippen LogP contribution in [0.4, 0.5) is 0 Å². The Morgan fingerprint density at radius 1 is 1.05 bits per heavy atom. The van der Waals surface area contributed by atoms with Gasteiger partial charge in [0.05, 0.1) is 0 Å². The molecule has 0 bridgehead atoms. The van der Waals surface area contributed by atoms with Crippen molar-refractivity contribution in [2.24, 2.45) is 17.3 Å². The first-order valence-corrected chi connectivity index (χ1v) is 8.50. The smallest absolute Gasteiger partial charge is 0.00673 e. The summed E-state index contributed by atoms with van der Waals surface area (Å²) in [5, 5.41) is 3.85. The number of rotatable bonds is 5. The average molecular weight is 263 g/mol. The van der Waals surface area contributed by atoms with E-state index in [4.69, 9.17) is 0 Å². The van der Waals surface area contributed by atoms with Crippen LogP contribution < -0.4 is 5.32 Å². The monoisotopic (exact) mass is 263 g/mol. The zero-order chi connectivity index (χ0) is 13.7. The summed E-state index contributed by atoms with van der Waals surface area (Å²) < 4.78 is 0. The first-order valence-electron chi connectivity index (χ1n) is 8.50. The SMILES string of the molecule is CCC(C)(C)C1CCC(NCC2CC=CCC2)CC1. The normalized spacial score (nSPS) is 32.5. The quantitative estimate of drug-likeness (QED) is 0.694. The largest absolute Gasteiger partial charge is 0.314 e. The van der Waals surface area contributed by atoms with Crippen LogP contribution in [0.25, 0.3) is 0 Å². The molecular formula is C18H33N. The summed E-state index contributed by atoms with van der Waals surface area (Å²) in [7, 11) is 0. The summed E-state index contributed by atoms with van der Waals surface area (Å²) in [6.45, 7) is 8.51. The molecule has 1 fully saturated rings. The maximum absolute atomic E-state index is 3.85. The van der Waals surface area contributed by atoms with Gasteiger partial charge in [0.15, 0.2) is 0 Å². The van der Waals surface area contributed by atoms with Crippen molar-refractivity contribution in [3.8, 4) is 0 Å². The van der Waals surface area contributed by atoms with Crippen LogP contribution in [0.15, 0.2) is 12.2 Å². The molecule has 0 aromatic heterocycles. The Labute approximate surface area is 120 Å². The highest BCUT2D eigenvalue weighted by Gasteiger charge is 2.31. The van der Waals surface area contributed by atoms with E-state index in [2.05, 4.69) is 38.2 Å². The predicted octanol–water partition coefficient (Wildman–Crippen LogP) is 4.93. The van der Waals surface area contributed by atoms with Crippen molar-refractivity contribution in [3.63, 3.8) is 0 Å². The van der Waals surface area contributed by atoms with Gasteiger partial charge >= 0.3 is 0 Å². The van der Waals surface area contributed by atoms with Gasteiger partial charge in [-0.3, -0.25) is 0 Å². The molecule has 0 radical (unpaired) electrons. The fourth-order valence-corrected chi connectivity index (χ4v) is 3.74. The third-order valence-corrected chi connectivity index (χ3v) is 5.82. The van der Waals surface area contributed by atoms with Crippen molar-refractivity contribution >= 4 is 0 Å². The molecule has 1 N–H and O–H groups in total. The standard InChI is InChI=1S/C18H33N/c1-4-18(2,3)16-10-12-17(13-11-16)19-14-15-8-6-5-7-9-15/h5-6,15-17,19H,4,7-14H2,1-3H3. The van der Waals surface area contributed by atoms with Gasteiger partial charge in [-0.2, -0.15) is 0 Å². The van der Waals surface area contributed by atoms with E-state index in [-0.39, 0.29) is 0 Å². The molecule has 0 heterocycles. The number of allylic oxidation sites excluding steroid dienone is 2. The summed E-state index contributed by atoms with van der Waals surface area (Å²) in [6.07, 6.45) is 15.7. The molecule has 0 aliphatic heterocycles. The Bertz CT molecular complexity index is 284. The van der Waals surface area contributed by atoms with Gasteiger partial charge in [0.1, 0.15) is 0 Å². The van der Waals surface area contributed by atoms with E-state index < -0.39 is 0 Å². The van der Waals surface area contributed by atoms with Crippen molar-refractivity contribution in [2.75, 3.05) is 6.54 Å². The molecule has 0 aromatic rings. The van der Waals surface area contributed by atoms with Crippen LogP contribution in [0.1, 0.15) is 72.1 Å². The molecule has 0 aromatic carbocycles. The summed E-state index contributed by atoms with van der Waals surface area (Å²) >= 11 is 0. The van der Waals surface area contributed by atoms with Crippen LogP contribution in [-0.2, 0) is 0 Å². The number of nitrogens with one attached hydrogen (secondary N) is 1. The molecule has 0 saturated heterocycles. The zero-order valence-corrected chi connectivity index (χ0v) is 13.3. The maximum atomic E-state index is 3.85. The molecule has 1 heteroatoms. The van der Waals surface area contributed by atoms with Crippen molar-refractivity contribution in [2.45, 2.75) is 78.2 Å². The molecule has 1 saturated carbocycles. The van der Waals surface area contributed by atoms with E-state index in [1.165, 1.54) is 57.9 Å². The fourth-order valence-electron chi connectivity index (χ4n) is 3.74. The summed E-state index contributed by atoms with van der Waals surface area (Å²) in [5.41, 5.74) is 0.555. The highest BCUT2D eigenvalue weighted by atomic mass is 14.9. The fraction of sp³-hybridized carbons (Fsp3) is 0.889. The Morgan fingerprint density at radius 3 is 2.37 bits per heavy atom. The van der Waals surface area contributed by atoms with Gasteiger partial charge < -0.3 is 5.32 Å². The minimum Gasteiger partial charge on any atom is -0.314 e. The van der Waals surface area contributed by atoms with Gasteiger partial charge in [-0.1, -0.05) is 39.3 Å². The predicted molar refractivity (Wildman–Crippen MR) is 84.3 cm³/mol. The molecule has 2 aliphatic carbocycles. The van der Waals surface area contributed by atoms with E-state index in [0.29, 0.717) is 5.41 Å². The Kier molecular flexibility index (Phi) is 5.50. The second kappa shape index (κ2) is 6.92. The molecule has 1 atom stereocenters. The van der Waals surface area contributed by atoms with E-state index in [1.807, 2.05) is 0 Å². The van der Waals surface area contributed by atoms with E-state index >= 15 is 0 Å². The van der Waals surface area contributed by atoms with Gasteiger partial charge in [0, 0.05) is 6.04 Å². The van der Waals surface area contributed by atoms with Crippen LogP contribution in [-0.4, -0.2) is 12.6 Å². The van der Waals surface area contributed by atoms with Gasteiger partial charge in [0.2, 0.25) is 0 Å². The summed E-state index contributed by atoms with van der Waals surface area (Å²) in [5.74, 6) is 1.85. The molecule has 110 valence electrons. The lowest BCUT2D eigenvalue weighted by Crippen LogP contribution is -2.39. The molecular weight excluding hydrogens is 230 g/mol. The summed E-state index contributed by atoms with van der Waals surface area (Å²) in [4.78, 5) is 0. The zero-order valence-electron chi connectivity index (χ0n) is 13.3. The molecule has 19 heavy (non-hydrogen) atoms. The Morgan fingerprint density at radius 2 is 1.79 bits per heavy atom. The lowest BCUT2D eigenvalue weighted by atomic mass is 9.69. The molecule has 0 spiro atoms. The third-order valence-electron chi connectivity index (χ3n) is 5.82. The average Bonchev–Trinajstić information content (AvgIpc) is 2.47. The van der Waals surface area contributed by atoms with E-state index in [0.717, 1.165) is 17.9 Å². The van der Waals surface area contributed by atoms with E-state index in [1.54, 1.807) is 0 Å². The van der Waals surface area contributed by atoms with Crippen LogP contribution in [0, 0.1) is 17.3 Å². The van der Waals surface area contributed by atoms with Crippen molar-refractivity contribution in [1.82, 2.24) is 5.32 Å². The lowest BCUT2D eigenvalue weighted by molar-refractivity contribution is 0.135. The lowest BCUT2D eigenvalue weighted by Gasteiger charge is -2.39. The highest BCUT2D eigenvalue weighted by molar-refractivity contribution is 4.91. The first-order chi connectivity index (χ1) is 9.12. The highest BCUT2D eigenvalue weighted by Crippen LogP contribution is 2.40. The van der Waals surface area contributed by atoms with Crippen molar-refractivity contribution in [3.05, 3.63) is 12.2 Å². The van der Waals surface area contributed by atoms with Crippen molar-refractivity contribution < 1.29 is 0 Å². The minimum atomic E-state index is 0.555. The number of hydrogen-bond donors (Lipinski definition) is 1. The van der Waals surface area contributed by atoms with Gasteiger partial charge in [-0.15, -0.1) is 0 Å². The van der Waals surface area contributed by atoms with Crippen molar-refractivity contribution in [1.29, 1.82) is 0 Å². The molecule has 0 amide bonds. The van der Waals surface area contributed by atoms with Crippen LogP contribution in [0.5, 0.6) is 0 Å². The molecule has 2 aliphatic rings. The van der Waals surface area contributed by atoms with Gasteiger partial charge in [0.25, 0.3) is 0 Å². The number of hydrogen-bond acceptors (Lipinski definition) is 1. The topological polar surface area (TPSA) is 12.0 Å².